The molecule has 0 rings (SSSR count). The van der Waals surface area contributed by atoms with Crippen LogP contribution >= 0.6 is 7.82 Å². The zero-order chi connectivity index (χ0) is 43.6. The number of carbonyl (C=O) groups is 1. The number of rotatable bonds is 48. The number of quaternary nitrogens is 1. The lowest BCUT2D eigenvalue weighted by Gasteiger charge is -2.30. The number of hydrogen-bond acceptors (Lipinski definition) is 6. The highest BCUT2D eigenvalue weighted by molar-refractivity contribution is 7.45. The maximum absolute atomic E-state index is 12.9. The van der Waals surface area contributed by atoms with Gasteiger partial charge in [-0.15, -0.1) is 0 Å². The highest BCUT2D eigenvalue weighted by Crippen LogP contribution is 2.38. The molecule has 0 aromatic rings. The van der Waals surface area contributed by atoms with Crippen LogP contribution in [0.1, 0.15) is 264 Å². The second kappa shape index (κ2) is 42.8. The van der Waals surface area contributed by atoms with Gasteiger partial charge >= 0.3 is 0 Å². The summed E-state index contributed by atoms with van der Waals surface area (Å²) in [5.41, 5.74) is 0. The van der Waals surface area contributed by atoms with E-state index in [1.54, 1.807) is 0 Å². The molecule has 9 heteroatoms. The molecular formula is C50H103N2O6P. The van der Waals surface area contributed by atoms with Gasteiger partial charge in [-0.3, -0.25) is 9.36 Å². The number of aliphatic hydroxyl groups excluding tert-OH is 1. The standard InChI is InChI=1S/C50H103N2O6P/c1-6-8-10-12-14-16-18-19-20-21-22-23-24-25-26-27-28-29-30-31-32-34-36-38-40-42-44-50(54)51-48(47-58-59(55,56)57-46-45-52(3,4)5)49(53)43-41-39-37-35-33-17-15-13-11-9-7-2/h48-49,53H,6-47H2,1-5H3,(H-,51,54,55,56)/t48-,49+/m0/s1. The Balaban J connectivity index is 4.04. The van der Waals surface area contributed by atoms with Crippen LogP contribution in [-0.2, 0) is 18.4 Å². The third-order valence-corrected chi connectivity index (χ3v) is 13.1. The van der Waals surface area contributed by atoms with Gasteiger partial charge in [0.15, 0.2) is 0 Å². The molecule has 0 bridgehead atoms. The van der Waals surface area contributed by atoms with Gasteiger partial charge in [-0.2, -0.15) is 0 Å². The third-order valence-electron chi connectivity index (χ3n) is 12.1. The Morgan fingerprint density at radius 1 is 0.525 bits per heavy atom. The van der Waals surface area contributed by atoms with Gasteiger partial charge in [0.2, 0.25) is 5.91 Å². The first kappa shape index (κ1) is 58.5. The summed E-state index contributed by atoms with van der Waals surface area (Å²) < 4.78 is 23.3. The van der Waals surface area contributed by atoms with Crippen LogP contribution in [0.5, 0.6) is 0 Å². The normalized spacial score (nSPS) is 14.1. The van der Waals surface area contributed by atoms with Crippen molar-refractivity contribution < 1.29 is 32.9 Å². The summed E-state index contributed by atoms with van der Waals surface area (Å²) in [6.07, 6.45) is 48.4. The molecule has 0 fully saturated rings. The van der Waals surface area contributed by atoms with Gasteiger partial charge in [-0.05, 0) is 12.8 Å². The first-order valence-electron chi connectivity index (χ1n) is 25.9. The van der Waals surface area contributed by atoms with Crippen molar-refractivity contribution in [3.8, 4) is 0 Å². The fourth-order valence-electron chi connectivity index (χ4n) is 7.98. The molecule has 0 aliphatic heterocycles. The Bertz CT molecular complexity index is 932. The number of carbonyl (C=O) groups excluding carboxylic acids is 1. The Hall–Kier alpha value is -0.500. The van der Waals surface area contributed by atoms with Crippen molar-refractivity contribution in [3.05, 3.63) is 0 Å². The number of amides is 1. The average molecular weight is 859 g/mol. The molecule has 0 radical (unpaired) electrons. The summed E-state index contributed by atoms with van der Waals surface area (Å²) in [5, 5.41) is 13.9. The maximum Gasteiger partial charge on any atom is 0.268 e. The second-order valence-electron chi connectivity index (χ2n) is 19.2. The fourth-order valence-corrected chi connectivity index (χ4v) is 8.71. The van der Waals surface area contributed by atoms with Crippen LogP contribution in [0.2, 0.25) is 0 Å². The molecule has 0 aromatic carbocycles. The first-order valence-corrected chi connectivity index (χ1v) is 27.3. The Kier molecular flexibility index (Phi) is 42.4. The maximum atomic E-state index is 12.9. The van der Waals surface area contributed by atoms with Crippen molar-refractivity contribution in [2.75, 3.05) is 40.9 Å². The van der Waals surface area contributed by atoms with Crippen LogP contribution in [0, 0.1) is 0 Å². The average Bonchev–Trinajstić information content (AvgIpc) is 3.19. The van der Waals surface area contributed by atoms with Crippen LogP contribution in [-0.4, -0.2) is 68.5 Å². The van der Waals surface area contributed by atoms with Crippen LogP contribution in [0.4, 0.5) is 0 Å². The lowest BCUT2D eigenvalue weighted by Crippen LogP contribution is -2.46. The van der Waals surface area contributed by atoms with Gasteiger partial charge in [0, 0.05) is 6.42 Å². The van der Waals surface area contributed by atoms with Gasteiger partial charge in [0.1, 0.15) is 13.2 Å². The van der Waals surface area contributed by atoms with E-state index in [-0.39, 0.29) is 19.1 Å². The zero-order valence-corrected chi connectivity index (χ0v) is 41.1. The van der Waals surface area contributed by atoms with E-state index in [0.717, 1.165) is 38.5 Å². The topological polar surface area (TPSA) is 108 Å². The molecule has 0 saturated carbocycles. The number of phosphoric ester groups is 1. The summed E-state index contributed by atoms with van der Waals surface area (Å²) in [4.78, 5) is 25.4. The van der Waals surface area contributed by atoms with E-state index in [0.29, 0.717) is 23.9 Å². The summed E-state index contributed by atoms with van der Waals surface area (Å²) in [6.45, 7) is 4.74. The number of nitrogens with zero attached hydrogens (tertiary/aromatic N) is 1. The number of phosphoric acid groups is 1. The first-order chi connectivity index (χ1) is 28.5. The van der Waals surface area contributed by atoms with Crippen molar-refractivity contribution in [2.24, 2.45) is 0 Å². The summed E-state index contributed by atoms with van der Waals surface area (Å²) in [6, 6.07) is -0.793. The Morgan fingerprint density at radius 3 is 1.15 bits per heavy atom. The van der Waals surface area contributed by atoms with Gasteiger partial charge in [0.05, 0.1) is 39.9 Å². The molecule has 3 atom stereocenters. The highest BCUT2D eigenvalue weighted by Gasteiger charge is 2.24. The van der Waals surface area contributed by atoms with Crippen molar-refractivity contribution in [3.63, 3.8) is 0 Å². The molecule has 0 saturated heterocycles. The van der Waals surface area contributed by atoms with Crippen molar-refractivity contribution in [2.45, 2.75) is 276 Å². The van der Waals surface area contributed by atoms with Gasteiger partial charge in [-0.25, -0.2) is 0 Å². The lowest BCUT2D eigenvalue weighted by atomic mass is 10.0. The largest absolute Gasteiger partial charge is 0.756 e. The van der Waals surface area contributed by atoms with Crippen LogP contribution in [0.3, 0.4) is 0 Å². The Labute approximate surface area is 368 Å². The highest BCUT2D eigenvalue weighted by atomic mass is 31.2. The molecule has 1 unspecified atom stereocenters. The lowest BCUT2D eigenvalue weighted by molar-refractivity contribution is -0.870. The minimum absolute atomic E-state index is 0.0161. The number of likely N-dealkylation sites (N-methyl/N-ethyl adjacent to an activating group) is 1. The second-order valence-corrected chi connectivity index (χ2v) is 20.7. The quantitative estimate of drug-likeness (QED) is 0.0358. The molecule has 59 heavy (non-hydrogen) atoms. The molecule has 0 aliphatic rings. The third kappa shape index (κ3) is 45.3. The molecule has 0 aromatic heterocycles. The number of unbranched alkanes of at least 4 members (excludes halogenated alkanes) is 35. The summed E-state index contributed by atoms with van der Waals surface area (Å²) in [7, 11) is 1.32. The van der Waals surface area contributed by atoms with E-state index in [9.17, 15) is 19.4 Å². The fraction of sp³-hybridized carbons (Fsp3) is 0.980. The molecule has 0 heterocycles. The van der Waals surface area contributed by atoms with Crippen molar-refractivity contribution in [1.29, 1.82) is 0 Å². The Morgan fingerprint density at radius 2 is 0.831 bits per heavy atom. The number of nitrogens with one attached hydrogen (secondary N) is 1. The molecule has 0 spiro atoms. The van der Waals surface area contributed by atoms with Gasteiger partial charge in [-0.1, -0.05) is 245 Å². The summed E-state index contributed by atoms with van der Waals surface area (Å²) in [5.74, 6) is -0.160. The van der Waals surface area contributed by atoms with Crippen molar-refractivity contribution in [1.82, 2.24) is 5.32 Å². The molecule has 2 N–H and O–H groups in total. The van der Waals surface area contributed by atoms with E-state index in [1.165, 1.54) is 199 Å². The number of aliphatic hydroxyl groups is 1. The smallest absolute Gasteiger partial charge is 0.268 e. The SMILES string of the molecule is CCCCCCCCCCCCCCCCCCCCCCCCCCCCC(=O)N[C@@H](COP(=O)([O-])OCC[N+](C)(C)C)[C@H](O)CCCCCCCCCCCCC. The predicted octanol–water partition coefficient (Wildman–Crippen LogP) is 14.3. The molecule has 354 valence electrons. The van der Waals surface area contributed by atoms with E-state index in [4.69, 9.17) is 9.05 Å². The molecular weight excluding hydrogens is 756 g/mol. The zero-order valence-electron chi connectivity index (χ0n) is 40.2. The monoisotopic (exact) mass is 859 g/mol. The minimum atomic E-state index is -4.56. The van der Waals surface area contributed by atoms with Gasteiger partial charge in [0.25, 0.3) is 7.82 Å². The molecule has 1 amide bonds. The molecule has 8 nitrogen and oxygen atoms in total. The number of hydrogen-bond donors (Lipinski definition) is 2. The van der Waals surface area contributed by atoms with E-state index >= 15 is 0 Å². The van der Waals surface area contributed by atoms with E-state index < -0.39 is 20.0 Å². The van der Waals surface area contributed by atoms with Crippen molar-refractivity contribution >= 4 is 13.7 Å². The minimum Gasteiger partial charge on any atom is -0.756 e. The van der Waals surface area contributed by atoms with Crippen LogP contribution in [0.15, 0.2) is 0 Å². The summed E-state index contributed by atoms with van der Waals surface area (Å²) >= 11 is 0. The van der Waals surface area contributed by atoms with Crippen LogP contribution < -0.4 is 10.2 Å². The van der Waals surface area contributed by atoms with E-state index in [2.05, 4.69) is 19.2 Å². The van der Waals surface area contributed by atoms with Gasteiger partial charge < -0.3 is 28.8 Å². The predicted molar refractivity (Wildman–Crippen MR) is 252 cm³/mol. The molecule has 0 aliphatic carbocycles. The van der Waals surface area contributed by atoms with E-state index in [1.807, 2.05) is 21.1 Å². The van der Waals surface area contributed by atoms with Crippen LogP contribution in [0.25, 0.3) is 0 Å².